The summed E-state index contributed by atoms with van der Waals surface area (Å²) in [6, 6.07) is 13.3. The summed E-state index contributed by atoms with van der Waals surface area (Å²) < 4.78 is 27.2. The zero-order valence-corrected chi connectivity index (χ0v) is 19.9. The smallest absolute Gasteiger partial charge is 0.324 e. The van der Waals surface area contributed by atoms with Crippen molar-refractivity contribution in [3.63, 3.8) is 0 Å². The molecule has 0 N–H and O–H groups in total. The third-order valence-corrected chi connectivity index (χ3v) is 6.31. The highest BCUT2D eigenvalue weighted by atomic mass is 35.5. The van der Waals surface area contributed by atoms with E-state index >= 15 is 0 Å². The molecule has 7 nitrogen and oxygen atoms in total. The molecule has 0 aliphatic carbocycles. The van der Waals surface area contributed by atoms with E-state index < -0.39 is 35.4 Å². The Morgan fingerprint density at radius 2 is 1.74 bits per heavy atom. The quantitative estimate of drug-likeness (QED) is 0.234. The first-order valence-electron chi connectivity index (χ1n) is 10.7. The van der Waals surface area contributed by atoms with Crippen molar-refractivity contribution in [3.8, 4) is 0 Å². The summed E-state index contributed by atoms with van der Waals surface area (Å²) >= 11 is 6.05. The number of nitrogens with zero attached hydrogens (tertiary/aromatic N) is 2. The molecule has 0 amide bonds. The normalized spacial score (nSPS) is 16.8. The van der Waals surface area contributed by atoms with E-state index in [0.29, 0.717) is 28.2 Å². The molecule has 1 aliphatic rings. The highest BCUT2D eigenvalue weighted by Crippen LogP contribution is 2.39. The first-order valence-corrected chi connectivity index (χ1v) is 11.1. The van der Waals surface area contributed by atoms with Crippen LogP contribution in [0.25, 0.3) is 0 Å². The van der Waals surface area contributed by atoms with E-state index in [1.165, 1.54) is 26.0 Å². The minimum atomic E-state index is -1.49. The molecular weight excluding hydrogens is 463 g/mol. The van der Waals surface area contributed by atoms with Crippen molar-refractivity contribution in [1.29, 1.82) is 0 Å². The number of rotatable bonds is 5. The molecule has 3 aromatic rings. The highest BCUT2D eigenvalue weighted by molar-refractivity contribution is 6.30. The van der Waals surface area contributed by atoms with Gasteiger partial charge in [0.15, 0.2) is 5.92 Å². The van der Waals surface area contributed by atoms with Crippen molar-refractivity contribution in [2.24, 2.45) is 5.92 Å². The van der Waals surface area contributed by atoms with Gasteiger partial charge in [-0.15, -0.1) is 0 Å². The molecule has 0 radical (unpaired) electrons. The number of hydrogen-bond donors (Lipinski definition) is 0. The second-order valence-corrected chi connectivity index (χ2v) is 9.17. The second kappa shape index (κ2) is 8.76. The summed E-state index contributed by atoms with van der Waals surface area (Å²) in [6.07, 6.45) is 0. The largest absolute Gasteiger partial charge is 0.711 e. The predicted octanol–water partition coefficient (Wildman–Crippen LogP) is 4.16. The lowest BCUT2D eigenvalue weighted by molar-refractivity contribution is -0.621. The lowest BCUT2D eigenvalue weighted by atomic mass is 9.84. The standard InChI is InChI=1S/C25H24ClFN2O5/c1-14-15(2)29(32)22(28(14)13-16-8-6-5-7-9-16)20(17-10-11-19(27)18(26)12-17)21-23(30)33-25(3,4)34-24(21)31/h5-12,20-21H,13H2,1-4H3. The van der Waals surface area contributed by atoms with Crippen LogP contribution in [0, 0.1) is 30.8 Å². The van der Waals surface area contributed by atoms with Gasteiger partial charge in [0.1, 0.15) is 29.7 Å². The molecule has 9 heteroatoms. The van der Waals surface area contributed by atoms with Gasteiger partial charge >= 0.3 is 11.9 Å². The number of esters is 2. The van der Waals surface area contributed by atoms with Crippen LogP contribution in [-0.2, 0) is 25.6 Å². The molecule has 1 aliphatic heterocycles. The van der Waals surface area contributed by atoms with E-state index in [0.717, 1.165) is 11.6 Å². The zero-order chi connectivity index (χ0) is 24.8. The van der Waals surface area contributed by atoms with E-state index in [9.17, 15) is 19.2 Å². The first-order chi connectivity index (χ1) is 16.0. The molecule has 1 saturated heterocycles. The molecule has 2 aromatic carbocycles. The Morgan fingerprint density at radius 1 is 1.12 bits per heavy atom. The molecule has 1 unspecified atom stereocenters. The van der Waals surface area contributed by atoms with Gasteiger partial charge in [-0.3, -0.25) is 9.59 Å². The SMILES string of the molecule is Cc1c(C)[n+]([O-])c(C(c2ccc(F)c(Cl)c2)C2C(=O)OC(C)(C)OC2=O)n1Cc1ccccc1. The maximum absolute atomic E-state index is 14.0. The Hall–Kier alpha value is -3.39. The van der Waals surface area contributed by atoms with Crippen LogP contribution < -0.4 is 4.73 Å². The van der Waals surface area contributed by atoms with Crippen LogP contribution in [0.15, 0.2) is 48.5 Å². The number of carbonyl (C=O) groups is 2. The Morgan fingerprint density at radius 3 is 2.32 bits per heavy atom. The maximum atomic E-state index is 14.0. The first kappa shape index (κ1) is 23.8. The minimum Gasteiger partial charge on any atom is -0.711 e. The average molecular weight is 487 g/mol. The van der Waals surface area contributed by atoms with Crippen molar-refractivity contribution in [1.82, 2.24) is 4.57 Å². The number of ether oxygens (including phenoxy) is 2. The third-order valence-electron chi connectivity index (χ3n) is 6.02. The number of benzene rings is 2. The van der Waals surface area contributed by atoms with Gasteiger partial charge in [0.25, 0.3) is 11.6 Å². The Bertz CT molecular complexity index is 1250. The van der Waals surface area contributed by atoms with Crippen LogP contribution in [-0.4, -0.2) is 22.3 Å². The number of aromatic nitrogens is 2. The van der Waals surface area contributed by atoms with Gasteiger partial charge in [-0.1, -0.05) is 48.0 Å². The summed E-state index contributed by atoms with van der Waals surface area (Å²) in [4.78, 5) is 26.2. The summed E-state index contributed by atoms with van der Waals surface area (Å²) in [7, 11) is 0. The summed E-state index contributed by atoms with van der Waals surface area (Å²) in [5.41, 5.74) is 2.28. The van der Waals surface area contributed by atoms with Crippen LogP contribution in [0.4, 0.5) is 4.39 Å². The third kappa shape index (κ3) is 4.25. The van der Waals surface area contributed by atoms with Crippen molar-refractivity contribution in [2.75, 3.05) is 0 Å². The Labute approximate surface area is 201 Å². The fourth-order valence-electron chi connectivity index (χ4n) is 4.25. The monoisotopic (exact) mass is 486 g/mol. The van der Waals surface area contributed by atoms with Gasteiger partial charge in [-0.2, -0.15) is 0 Å². The van der Waals surface area contributed by atoms with Crippen molar-refractivity contribution in [3.05, 3.63) is 92.9 Å². The molecule has 1 fully saturated rings. The van der Waals surface area contributed by atoms with E-state index in [1.807, 2.05) is 30.3 Å². The lowest BCUT2D eigenvalue weighted by Crippen LogP contribution is -2.50. The van der Waals surface area contributed by atoms with Crippen LogP contribution in [0.5, 0.6) is 0 Å². The van der Waals surface area contributed by atoms with Gasteiger partial charge in [-0.05, 0) is 23.3 Å². The molecule has 4 rings (SSSR count). The summed E-state index contributed by atoms with van der Waals surface area (Å²) in [6.45, 7) is 6.64. The van der Waals surface area contributed by atoms with Crippen molar-refractivity contribution in [2.45, 2.75) is 45.9 Å². The van der Waals surface area contributed by atoms with Crippen molar-refractivity contribution >= 4 is 23.5 Å². The van der Waals surface area contributed by atoms with E-state index in [4.69, 9.17) is 21.1 Å². The summed E-state index contributed by atoms with van der Waals surface area (Å²) in [5.74, 6) is -6.29. The zero-order valence-electron chi connectivity index (χ0n) is 19.2. The molecule has 1 aromatic heterocycles. The second-order valence-electron chi connectivity index (χ2n) is 8.77. The molecule has 1 atom stereocenters. The number of halogens is 2. The number of carbonyl (C=O) groups excluding carboxylic acids is 2. The van der Waals surface area contributed by atoms with Crippen LogP contribution in [0.2, 0.25) is 5.02 Å². The van der Waals surface area contributed by atoms with E-state index in [-0.39, 0.29) is 10.8 Å². The van der Waals surface area contributed by atoms with Crippen LogP contribution in [0.1, 0.15) is 48.1 Å². The van der Waals surface area contributed by atoms with Gasteiger partial charge in [0.05, 0.1) is 5.02 Å². The molecule has 0 spiro atoms. The molecule has 178 valence electrons. The molecule has 34 heavy (non-hydrogen) atoms. The number of hydrogen-bond acceptors (Lipinski definition) is 5. The topological polar surface area (TPSA) is 84.5 Å². The van der Waals surface area contributed by atoms with Gasteiger partial charge in [0.2, 0.25) is 0 Å². The fraction of sp³-hybridized carbons (Fsp3) is 0.320. The van der Waals surface area contributed by atoms with Gasteiger partial charge in [-0.25, -0.2) is 13.7 Å². The molecular formula is C25H24ClFN2O5. The summed E-state index contributed by atoms with van der Waals surface area (Å²) in [5, 5.41) is 13.2. The van der Waals surface area contributed by atoms with E-state index in [2.05, 4.69) is 0 Å². The van der Waals surface area contributed by atoms with Crippen LogP contribution in [0.3, 0.4) is 0 Å². The average Bonchev–Trinajstić information content (AvgIpc) is 2.96. The lowest BCUT2D eigenvalue weighted by Gasteiger charge is -2.35. The van der Waals surface area contributed by atoms with Gasteiger partial charge in [0, 0.05) is 27.7 Å². The molecule has 2 heterocycles. The van der Waals surface area contributed by atoms with Gasteiger partial charge < -0.3 is 14.7 Å². The highest BCUT2D eigenvalue weighted by Gasteiger charge is 2.52. The van der Waals surface area contributed by atoms with Crippen LogP contribution >= 0.6 is 11.6 Å². The predicted molar refractivity (Wildman–Crippen MR) is 121 cm³/mol. The van der Waals surface area contributed by atoms with Crippen molar-refractivity contribution < 1.29 is 28.2 Å². The maximum Gasteiger partial charge on any atom is 0.324 e. The minimum absolute atomic E-state index is 0.125. The number of imidazole rings is 1. The fourth-order valence-corrected chi connectivity index (χ4v) is 4.44. The number of cyclic esters (lactones) is 2. The Kier molecular flexibility index (Phi) is 6.12. The Balaban J connectivity index is 1.95. The molecule has 0 saturated carbocycles. The van der Waals surface area contributed by atoms with E-state index in [1.54, 1.807) is 18.4 Å². The molecule has 0 bridgehead atoms.